The average molecular weight is 501 g/mol. The zero-order valence-corrected chi connectivity index (χ0v) is 21.5. The van der Waals surface area contributed by atoms with Gasteiger partial charge in [-0.1, -0.05) is 38.1 Å². The summed E-state index contributed by atoms with van der Waals surface area (Å²) in [7, 11) is 0. The molecule has 0 saturated carbocycles. The Morgan fingerprint density at radius 1 is 0.973 bits per heavy atom. The van der Waals surface area contributed by atoms with Crippen LogP contribution in [0.15, 0.2) is 78.6 Å². The predicted octanol–water partition coefficient (Wildman–Crippen LogP) is 5.53. The molecule has 37 heavy (non-hydrogen) atoms. The molecule has 1 fully saturated rings. The maximum absolute atomic E-state index is 13.4. The van der Waals surface area contributed by atoms with E-state index in [0.717, 1.165) is 5.56 Å². The molecule has 7 nitrogen and oxygen atoms in total. The lowest BCUT2D eigenvalue weighted by molar-refractivity contribution is -0.140. The van der Waals surface area contributed by atoms with E-state index in [1.807, 2.05) is 38.1 Å². The fraction of sp³-hybridized carbons (Fsp3) is 0.300. The second kappa shape index (κ2) is 11.3. The van der Waals surface area contributed by atoms with Crippen LogP contribution < -0.4 is 9.47 Å². The van der Waals surface area contributed by atoms with E-state index in [1.54, 1.807) is 48.8 Å². The van der Waals surface area contributed by atoms with Gasteiger partial charge in [0, 0.05) is 24.5 Å². The van der Waals surface area contributed by atoms with Crippen LogP contribution in [0.5, 0.6) is 11.5 Å². The predicted molar refractivity (Wildman–Crippen MR) is 141 cm³/mol. The molecule has 1 unspecified atom stereocenters. The minimum Gasteiger partial charge on any atom is -0.507 e. The average Bonchev–Trinajstić information content (AvgIpc) is 3.12. The Morgan fingerprint density at radius 3 is 2.38 bits per heavy atom. The molecular formula is C30H32N2O5. The van der Waals surface area contributed by atoms with Crippen LogP contribution in [-0.4, -0.2) is 39.4 Å². The lowest BCUT2D eigenvalue weighted by atomic mass is 9.95. The zero-order valence-electron chi connectivity index (χ0n) is 21.5. The van der Waals surface area contributed by atoms with Crippen LogP contribution in [0.25, 0.3) is 5.76 Å². The second-order valence-electron chi connectivity index (χ2n) is 9.75. The Bertz CT molecular complexity index is 1300. The Balaban J connectivity index is 1.82. The van der Waals surface area contributed by atoms with E-state index in [2.05, 4.69) is 18.8 Å². The van der Waals surface area contributed by atoms with E-state index in [4.69, 9.17) is 9.47 Å². The van der Waals surface area contributed by atoms with Crippen LogP contribution in [0.2, 0.25) is 0 Å². The van der Waals surface area contributed by atoms with Gasteiger partial charge in [0.2, 0.25) is 0 Å². The van der Waals surface area contributed by atoms with Gasteiger partial charge in [0.25, 0.3) is 11.7 Å². The number of carbonyl (C=O) groups excluding carboxylic acids is 2. The Labute approximate surface area is 217 Å². The summed E-state index contributed by atoms with van der Waals surface area (Å²) in [4.78, 5) is 32.2. The number of Topliss-reactive ketones (excluding diaryl/α,β-unsaturated/α-hetero) is 1. The number of aromatic nitrogens is 1. The number of rotatable bonds is 9. The Morgan fingerprint density at radius 2 is 1.68 bits per heavy atom. The third-order valence-corrected chi connectivity index (χ3v) is 5.88. The van der Waals surface area contributed by atoms with Crippen molar-refractivity contribution in [3.63, 3.8) is 0 Å². The van der Waals surface area contributed by atoms with E-state index in [1.165, 1.54) is 4.90 Å². The zero-order chi connectivity index (χ0) is 26.5. The van der Waals surface area contributed by atoms with Crippen molar-refractivity contribution < 1.29 is 24.2 Å². The third-order valence-electron chi connectivity index (χ3n) is 5.88. The van der Waals surface area contributed by atoms with Gasteiger partial charge >= 0.3 is 0 Å². The van der Waals surface area contributed by atoms with Gasteiger partial charge in [0.1, 0.15) is 17.3 Å². The van der Waals surface area contributed by atoms with E-state index in [-0.39, 0.29) is 24.0 Å². The molecule has 7 heteroatoms. The highest BCUT2D eigenvalue weighted by atomic mass is 16.5. The molecule has 0 radical (unpaired) electrons. The smallest absolute Gasteiger partial charge is 0.295 e. The number of likely N-dealkylation sites (tertiary alicyclic amines) is 1. The number of nitrogens with zero attached hydrogens (tertiary/aromatic N) is 2. The quantitative estimate of drug-likeness (QED) is 0.236. The highest BCUT2D eigenvalue weighted by Crippen LogP contribution is 2.41. The topological polar surface area (TPSA) is 89.0 Å². The van der Waals surface area contributed by atoms with Gasteiger partial charge in [-0.25, -0.2) is 0 Å². The van der Waals surface area contributed by atoms with Crippen molar-refractivity contribution in [3.05, 3.63) is 95.3 Å². The van der Waals surface area contributed by atoms with Crippen LogP contribution in [-0.2, 0) is 16.1 Å². The molecule has 0 bridgehead atoms. The van der Waals surface area contributed by atoms with Crippen molar-refractivity contribution in [1.29, 1.82) is 0 Å². The first-order valence-electron chi connectivity index (χ1n) is 12.4. The Hall–Kier alpha value is -4.13. The molecule has 1 aromatic heterocycles. The first kappa shape index (κ1) is 25.9. The highest BCUT2D eigenvalue weighted by Gasteiger charge is 2.46. The summed E-state index contributed by atoms with van der Waals surface area (Å²) < 4.78 is 11.7. The van der Waals surface area contributed by atoms with Crippen molar-refractivity contribution in [1.82, 2.24) is 9.88 Å². The molecule has 3 aromatic rings. The number of benzene rings is 2. The normalized spacial score (nSPS) is 17.0. The summed E-state index contributed by atoms with van der Waals surface area (Å²) >= 11 is 0. The number of aliphatic hydroxyl groups is 1. The largest absolute Gasteiger partial charge is 0.507 e. The molecule has 0 aliphatic carbocycles. The van der Waals surface area contributed by atoms with E-state index >= 15 is 0 Å². The SMILES string of the molecule is CC(C)COc1cccc(C2/C(=C(/O)c3cccc(OC(C)C)c3)C(=O)C(=O)N2Cc2ccncc2)c1. The van der Waals surface area contributed by atoms with Gasteiger partial charge in [-0.05, 0) is 67.3 Å². The summed E-state index contributed by atoms with van der Waals surface area (Å²) in [5, 5.41) is 11.4. The molecule has 1 saturated heterocycles. The summed E-state index contributed by atoms with van der Waals surface area (Å²) in [5.41, 5.74) is 1.92. The van der Waals surface area contributed by atoms with Crippen LogP contribution in [0.1, 0.15) is 50.4 Å². The van der Waals surface area contributed by atoms with Gasteiger partial charge in [-0.2, -0.15) is 0 Å². The lowest BCUT2D eigenvalue weighted by Crippen LogP contribution is -2.29. The molecule has 1 amide bonds. The number of aliphatic hydroxyl groups excluding tert-OH is 1. The highest BCUT2D eigenvalue weighted by molar-refractivity contribution is 6.46. The van der Waals surface area contributed by atoms with Gasteiger partial charge in [0.05, 0.1) is 24.3 Å². The van der Waals surface area contributed by atoms with Gasteiger partial charge < -0.3 is 19.5 Å². The van der Waals surface area contributed by atoms with Crippen LogP contribution in [0.3, 0.4) is 0 Å². The summed E-state index contributed by atoms with van der Waals surface area (Å²) in [6.45, 7) is 8.65. The summed E-state index contributed by atoms with van der Waals surface area (Å²) in [5.74, 6) is -0.130. The minimum atomic E-state index is -0.801. The van der Waals surface area contributed by atoms with E-state index in [0.29, 0.717) is 35.2 Å². The van der Waals surface area contributed by atoms with E-state index < -0.39 is 17.7 Å². The molecule has 1 aliphatic rings. The number of carbonyl (C=O) groups is 2. The van der Waals surface area contributed by atoms with Crippen LogP contribution >= 0.6 is 0 Å². The number of ketones is 1. The number of hydrogen-bond acceptors (Lipinski definition) is 6. The molecular weight excluding hydrogens is 468 g/mol. The number of hydrogen-bond donors (Lipinski definition) is 1. The van der Waals surface area contributed by atoms with Crippen LogP contribution in [0, 0.1) is 5.92 Å². The van der Waals surface area contributed by atoms with E-state index in [9.17, 15) is 14.7 Å². The van der Waals surface area contributed by atoms with Crippen molar-refractivity contribution in [2.24, 2.45) is 5.92 Å². The minimum absolute atomic E-state index is 0.0294. The van der Waals surface area contributed by atoms with Crippen molar-refractivity contribution in [2.75, 3.05) is 6.61 Å². The number of ether oxygens (including phenoxy) is 2. The molecule has 2 aromatic carbocycles. The van der Waals surface area contributed by atoms with Crippen molar-refractivity contribution in [3.8, 4) is 11.5 Å². The monoisotopic (exact) mass is 500 g/mol. The lowest BCUT2D eigenvalue weighted by Gasteiger charge is -2.26. The fourth-order valence-electron chi connectivity index (χ4n) is 4.26. The molecule has 192 valence electrons. The maximum atomic E-state index is 13.4. The third kappa shape index (κ3) is 6.00. The standard InChI is InChI=1S/C30H32N2O5/c1-19(2)18-36-24-9-5-7-22(15-24)27-26(28(33)23-8-6-10-25(16-23)37-20(3)4)29(34)30(35)32(27)17-21-11-13-31-14-12-21/h5-16,19-20,27,33H,17-18H2,1-4H3/b28-26-. The molecule has 1 N–H and O–H groups in total. The number of pyridine rings is 1. The first-order valence-corrected chi connectivity index (χ1v) is 12.4. The van der Waals surface area contributed by atoms with Crippen molar-refractivity contribution in [2.45, 2.75) is 46.4 Å². The fourth-order valence-corrected chi connectivity index (χ4v) is 4.26. The summed E-state index contributed by atoms with van der Waals surface area (Å²) in [6.07, 6.45) is 3.22. The molecule has 0 spiro atoms. The number of amides is 1. The van der Waals surface area contributed by atoms with Gasteiger partial charge in [0.15, 0.2) is 0 Å². The molecule has 2 heterocycles. The first-order chi connectivity index (χ1) is 17.7. The van der Waals surface area contributed by atoms with Gasteiger partial charge in [-0.15, -0.1) is 0 Å². The molecule has 1 atom stereocenters. The summed E-state index contributed by atoms with van der Waals surface area (Å²) in [6, 6.07) is 17.0. The molecule has 1 aliphatic heterocycles. The van der Waals surface area contributed by atoms with Crippen molar-refractivity contribution >= 4 is 17.4 Å². The molecule has 4 rings (SSSR count). The maximum Gasteiger partial charge on any atom is 0.295 e. The second-order valence-corrected chi connectivity index (χ2v) is 9.75. The van der Waals surface area contributed by atoms with Crippen LogP contribution in [0.4, 0.5) is 0 Å². The Kier molecular flexibility index (Phi) is 7.92. The van der Waals surface area contributed by atoms with Gasteiger partial charge in [-0.3, -0.25) is 14.6 Å².